The summed E-state index contributed by atoms with van der Waals surface area (Å²) in [6.45, 7) is 3.46. The van der Waals surface area contributed by atoms with Crippen molar-refractivity contribution >= 4 is 12.0 Å². The van der Waals surface area contributed by atoms with Crippen LogP contribution >= 0.6 is 0 Å². The van der Waals surface area contributed by atoms with Crippen LogP contribution in [0.1, 0.15) is 35.6 Å². The number of aryl methyl sites for hydroxylation is 1. The molecule has 3 heterocycles. The summed E-state index contributed by atoms with van der Waals surface area (Å²) in [5, 5.41) is 0. The van der Waals surface area contributed by atoms with Crippen LogP contribution in [0.3, 0.4) is 0 Å². The third-order valence-electron chi connectivity index (χ3n) is 5.58. The number of likely N-dealkylation sites (tertiary alicyclic amines) is 1. The fraction of sp³-hybridized carbons (Fsp3) is 0.280. The number of pyridine rings is 1. The highest BCUT2D eigenvalue weighted by molar-refractivity contribution is 5.91. The second kappa shape index (κ2) is 9.51. The molecule has 1 aliphatic rings. The van der Waals surface area contributed by atoms with Crippen LogP contribution in [-0.4, -0.2) is 46.0 Å². The van der Waals surface area contributed by atoms with Gasteiger partial charge < -0.3 is 9.64 Å². The van der Waals surface area contributed by atoms with Gasteiger partial charge in [0.1, 0.15) is 5.75 Å². The molecule has 1 fully saturated rings. The van der Waals surface area contributed by atoms with Crippen LogP contribution in [0.25, 0.3) is 17.5 Å². The highest BCUT2D eigenvalue weighted by Crippen LogP contribution is 2.29. The Hall–Kier alpha value is -3.54. The fourth-order valence-corrected chi connectivity index (χ4v) is 3.89. The molecule has 1 aliphatic heterocycles. The maximum Gasteiger partial charge on any atom is 0.246 e. The molecule has 1 saturated heterocycles. The first-order valence-electron chi connectivity index (χ1n) is 10.5. The molecule has 2 aromatic heterocycles. The Morgan fingerprint density at radius 3 is 2.77 bits per heavy atom. The van der Waals surface area contributed by atoms with E-state index in [1.165, 1.54) is 0 Å². The summed E-state index contributed by atoms with van der Waals surface area (Å²) in [6, 6.07) is 11.5. The second-order valence-corrected chi connectivity index (χ2v) is 7.73. The molecule has 1 aromatic carbocycles. The molecule has 0 aliphatic carbocycles. The molecule has 3 aromatic rings. The van der Waals surface area contributed by atoms with E-state index < -0.39 is 0 Å². The molecule has 0 saturated carbocycles. The average Bonchev–Trinajstić information content (AvgIpc) is 2.84. The van der Waals surface area contributed by atoms with Crippen molar-refractivity contribution in [1.29, 1.82) is 0 Å². The van der Waals surface area contributed by atoms with E-state index in [2.05, 4.69) is 9.97 Å². The molecular weight excluding hydrogens is 388 g/mol. The number of amides is 1. The molecule has 1 amide bonds. The number of rotatable bonds is 5. The van der Waals surface area contributed by atoms with Crippen LogP contribution < -0.4 is 4.74 Å². The zero-order chi connectivity index (χ0) is 21.6. The van der Waals surface area contributed by atoms with Crippen LogP contribution in [0, 0.1) is 6.92 Å². The van der Waals surface area contributed by atoms with Crippen molar-refractivity contribution in [2.45, 2.75) is 25.7 Å². The van der Waals surface area contributed by atoms with Gasteiger partial charge in [0, 0.05) is 49.2 Å². The van der Waals surface area contributed by atoms with Gasteiger partial charge in [0.25, 0.3) is 0 Å². The van der Waals surface area contributed by atoms with Crippen molar-refractivity contribution in [1.82, 2.24) is 19.9 Å². The summed E-state index contributed by atoms with van der Waals surface area (Å²) in [4.78, 5) is 28.2. The summed E-state index contributed by atoms with van der Waals surface area (Å²) in [5.41, 5.74) is 3.94. The van der Waals surface area contributed by atoms with Crippen molar-refractivity contribution in [2.24, 2.45) is 0 Å². The van der Waals surface area contributed by atoms with Gasteiger partial charge in [-0.15, -0.1) is 0 Å². The Bertz CT molecular complexity index is 1060. The van der Waals surface area contributed by atoms with Crippen molar-refractivity contribution in [3.05, 3.63) is 77.9 Å². The fourth-order valence-electron chi connectivity index (χ4n) is 3.89. The van der Waals surface area contributed by atoms with Crippen LogP contribution in [0.4, 0.5) is 0 Å². The Morgan fingerprint density at radius 2 is 2.03 bits per heavy atom. The number of hydrogen-bond donors (Lipinski definition) is 0. The van der Waals surface area contributed by atoms with Gasteiger partial charge in [-0.25, -0.2) is 9.97 Å². The maximum absolute atomic E-state index is 12.8. The van der Waals surface area contributed by atoms with Gasteiger partial charge in [-0.1, -0.05) is 12.1 Å². The summed E-state index contributed by atoms with van der Waals surface area (Å²) in [5.74, 6) is 1.70. The van der Waals surface area contributed by atoms with Gasteiger partial charge in [0.2, 0.25) is 5.91 Å². The van der Waals surface area contributed by atoms with E-state index in [1.54, 1.807) is 25.6 Å². The number of ether oxygens (including phenoxy) is 1. The lowest BCUT2D eigenvalue weighted by Crippen LogP contribution is -2.38. The molecule has 1 unspecified atom stereocenters. The second-order valence-electron chi connectivity index (χ2n) is 7.73. The Balaban J connectivity index is 1.48. The third-order valence-corrected chi connectivity index (χ3v) is 5.58. The van der Waals surface area contributed by atoms with Gasteiger partial charge in [-0.05, 0) is 61.2 Å². The van der Waals surface area contributed by atoms with Gasteiger partial charge in [0.15, 0.2) is 5.82 Å². The molecule has 158 valence electrons. The quantitative estimate of drug-likeness (QED) is 0.583. The topological polar surface area (TPSA) is 68.2 Å². The van der Waals surface area contributed by atoms with E-state index in [4.69, 9.17) is 9.72 Å². The molecular formula is C25H26N4O2. The molecule has 0 spiro atoms. The number of benzene rings is 1. The van der Waals surface area contributed by atoms with E-state index in [1.807, 2.05) is 60.5 Å². The number of carbonyl (C=O) groups excluding carboxylic acids is 1. The minimum absolute atomic E-state index is 0.0275. The highest BCUT2D eigenvalue weighted by atomic mass is 16.5. The van der Waals surface area contributed by atoms with Gasteiger partial charge in [-0.3, -0.25) is 9.78 Å². The summed E-state index contributed by atoms with van der Waals surface area (Å²) in [7, 11) is 1.64. The number of aromatic nitrogens is 3. The van der Waals surface area contributed by atoms with Gasteiger partial charge in [-0.2, -0.15) is 0 Å². The largest absolute Gasteiger partial charge is 0.497 e. The number of piperidine rings is 1. The molecule has 31 heavy (non-hydrogen) atoms. The first-order chi connectivity index (χ1) is 15.1. The molecule has 6 nitrogen and oxygen atoms in total. The number of methoxy groups -OCH3 is 1. The van der Waals surface area contributed by atoms with Crippen LogP contribution in [0.5, 0.6) is 5.75 Å². The SMILES string of the molecule is COc1ccc(/C=C/C(=O)N2CCCC(c3nc(-c4cccnc4)ncc3C)C2)cc1. The van der Waals surface area contributed by atoms with Crippen LogP contribution in [-0.2, 0) is 4.79 Å². The summed E-state index contributed by atoms with van der Waals surface area (Å²) in [6.07, 6.45) is 10.8. The predicted molar refractivity (Wildman–Crippen MR) is 121 cm³/mol. The standard InChI is InChI=1S/C25H26N4O2/c1-18-15-27-25(20-5-3-13-26-16-20)28-24(18)21-6-4-14-29(17-21)23(30)12-9-19-7-10-22(31-2)11-8-19/h3,5,7-13,15-16,21H,4,6,14,17H2,1-2H3/b12-9+. The molecule has 0 radical (unpaired) electrons. The van der Waals surface area contributed by atoms with E-state index >= 15 is 0 Å². The van der Waals surface area contributed by atoms with Crippen LogP contribution in [0.15, 0.2) is 61.1 Å². The number of carbonyl (C=O) groups is 1. The van der Waals surface area contributed by atoms with Gasteiger partial charge in [0.05, 0.1) is 12.8 Å². The molecule has 0 N–H and O–H groups in total. The average molecular weight is 415 g/mol. The van der Waals surface area contributed by atoms with Crippen molar-refractivity contribution in [3.63, 3.8) is 0 Å². The zero-order valence-electron chi connectivity index (χ0n) is 17.9. The number of nitrogens with zero attached hydrogens (tertiary/aromatic N) is 4. The minimum Gasteiger partial charge on any atom is -0.497 e. The maximum atomic E-state index is 12.8. The smallest absolute Gasteiger partial charge is 0.246 e. The first kappa shape index (κ1) is 20.7. The van der Waals surface area contributed by atoms with E-state index in [-0.39, 0.29) is 11.8 Å². The number of hydrogen-bond acceptors (Lipinski definition) is 5. The van der Waals surface area contributed by atoms with Crippen LogP contribution in [0.2, 0.25) is 0 Å². The van der Waals surface area contributed by atoms with Crippen molar-refractivity contribution in [2.75, 3.05) is 20.2 Å². The monoisotopic (exact) mass is 414 g/mol. The van der Waals surface area contributed by atoms with E-state index in [0.29, 0.717) is 12.4 Å². The van der Waals surface area contributed by atoms with E-state index in [0.717, 1.165) is 47.5 Å². The highest BCUT2D eigenvalue weighted by Gasteiger charge is 2.26. The molecule has 0 bridgehead atoms. The summed E-state index contributed by atoms with van der Waals surface area (Å²) >= 11 is 0. The lowest BCUT2D eigenvalue weighted by Gasteiger charge is -2.32. The summed E-state index contributed by atoms with van der Waals surface area (Å²) < 4.78 is 5.18. The van der Waals surface area contributed by atoms with E-state index in [9.17, 15) is 4.79 Å². The van der Waals surface area contributed by atoms with Crippen molar-refractivity contribution in [3.8, 4) is 17.1 Å². The van der Waals surface area contributed by atoms with Crippen molar-refractivity contribution < 1.29 is 9.53 Å². The van der Waals surface area contributed by atoms with Gasteiger partial charge >= 0.3 is 0 Å². The Labute approximate surface area is 182 Å². The normalized spacial score (nSPS) is 16.5. The molecule has 6 heteroatoms. The Morgan fingerprint density at radius 1 is 1.19 bits per heavy atom. The lowest BCUT2D eigenvalue weighted by atomic mass is 9.92. The predicted octanol–water partition coefficient (Wildman–Crippen LogP) is 4.28. The minimum atomic E-state index is 0.0275. The molecule has 1 atom stereocenters. The first-order valence-corrected chi connectivity index (χ1v) is 10.5. The third kappa shape index (κ3) is 4.97. The Kier molecular flexibility index (Phi) is 6.36. The molecule has 4 rings (SSSR count). The lowest BCUT2D eigenvalue weighted by molar-refractivity contribution is -0.127. The zero-order valence-corrected chi connectivity index (χ0v) is 17.9.